The summed E-state index contributed by atoms with van der Waals surface area (Å²) in [5.41, 5.74) is 2.44. The summed E-state index contributed by atoms with van der Waals surface area (Å²) in [6.45, 7) is 5.67. The van der Waals surface area contributed by atoms with Gasteiger partial charge >= 0.3 is 0 Å². The van der Waals surface area contributed by atoms with Crippen LogP contribution in [-0.2, 0) is 14.8 Å². The largest absolute Gasteiger partial charge is 0.496 e. The molecular weight excluding hydrogens is 466 g/mol. The smallest absolute Gasteiger partial charge is 0.257 e. The predicted octanol–water partition coefficient (Wildman–Crippen LogP) is 2.64. The van der Waals surface area contributed by atoms with Crippen molar-refractivity contribution >= 4 is 33.2 Å². The molecule has 2 aromatic carbocycles. The van der Waals surface area contributed by atoms with Crippen molar-refractivity contribution in [2.75, 3.05) is 64.5 Å². The van der Waals surface area contributed by atoms with Crippen LogP contribution in [0, 0.1) is 6.92 Å². The summed E-state index contributed by atoms with van der Waals surface area (Å²) in [7, 11) is -2.25. The average Bonchev–Trinajstić information content (AvgIpc) is 2.85. The van der Waals surface area contributed by atoms with Crippen LogP contribution >= 0.6 is 11.6 Å². The molecule has 2 aliphatic heterocycles. The SMILES string of the molecule is COc1ccc(S(=O)(=O)N2CCOCC2)cc1C(=O)N1CCN(c2cc(Cl)ccc2C)CC1. The Morgan fingerprint density at radius 2 is 1.70 bits per heavy atom. The number of rotatable bonds is 5. The van der Waals surface area contributed by atoms with Crippen LogP contribution in [0.3, 0.4) is 0 Å². The third-order valence-electron chi connectivity index (χ3n) is 6.09. The fourth-order valence-corrected chi connectivity index (χ4v) is 5.80. The zero-order chi connectivity index (χ0) is 23.6. The number of nitrogens with zero attached hydrogens (tertiary/aromatic N) is 3. The van der Waals surface area contributed by atoms with Crippen LogP contribution in [0.1, 0.15) is 15.9 Å². The Morgan fingerprint density at radius 1 is 1.00 bits per heavy atom. The molecule has 0 spiro atoms. The van der Waals surface area contributed by atoms with Gasteiger partial charge in [-0.05, 0) is 42.8 Å². The molecule has 0 N–H and O–H groups in total. The van der Waals surface area contributed by atoms with Crippen molar-refractivity contribution in [2.24, 2.45) is 0 Å². The maximum absolute atomic E-state index is 13.4. The normalized spacial score (nSPS) is 17.8. The number of hydrogen-bond donors (Lipinski definition) is 0. The summed E-state index contributed by atoms with van der Waals surface area (Å²) in [6, 6.07) is 10.3. The molecule has 2 aromatic rings. The van der Waals surface area contributed by atoms with Gasteiger partial charge in [0.15, 0.2) is 0 Å². The zero-order valence-electron chi connectivity index (χ0n) is 18.8. The third kappa shape index (κ3) is 4.96. The summed E-state index contributed by atoms with van der Waals surface area (Å²) < 4.78 is 38.2. The van der Waals surface area contributed by atoms with E-state index in [1.807, 2.05) is 25.1 Å². The van der Waals surface area contributed by atoms with Crippen molar-refractivity contribution in [1.29, 1.82) is 0 Å². The molecule has 2 saturated heterocycles. The summed E-state index contributed by atoms with van der Waals surface area (Å²) in [5, 5.41) is 0.678. The molecule has 0 radical (unpaired) electrons. The van der Waals surface area contributed by atoms with Crippen molar-refractivity contribution in [3.63, 3.8) is 0 Å². The molecule has 0 bridgehead atoms. The van der Waals surface area contributed by atoms with Gasteiger partial charge in [0.2, 0.25) is 10.0 Å². The minimum absolute atomic E-state index is 0.0849. The van der Waals surface area contributed by atoms with E-state index >= 15 is 0 Å². The van der Waals surface area contributed by atoms with Gasteiger partial charge in [0.1, 0.15) is 5.75 Å². The number of sulfonamides is 1. The second-order valence-corrected chi connectivity index (χ2v) is 10.5. The number of aryl methyl sites for hydroxylation is 1. The molecule has 33 heavy (non-hydrogen) atoms. The molecule has 0 atom stereocenters. The first-order valence-electron chi connectivity index (χ1n) is 10.9. The van der Waals surface area contributed by atoms with Crippen molar-refractivity contribution in [3.8, 4) is 5.75 Å². The Morgan fingerprint density at radius 3 is 2.36 bits per heavy atom. The molecule has 0 aromatic heterocycles. The first kappa shape index (κ1) is 23.8. The number of halogens is 1. The van der Waals surface area contributed by atoms with Crippen molar-refractivity contribution in [2.45, 2.75) is 11.8 Å². The number of methoxy groups -OCH3 is 1. The topological polar surface area (TPSA) is 79.4 Å². The van der Waals surface area contributed by atoms with Gasteiger partial charge in [-0.2, -0.15) is 4.31 Å². The van der Waals surface area contributed by atoms with Crippen LogP contribution in [0.5, 0.6) is 5.75 Å². The Labute approximate surface area is 199 Å². The van der Waals surface area contributed by atoms with E-state index in [0.717, 1.165) is 11.3 Å². The molecular formula is C23H28ClN3O5S. The Hall–Kier alpha value is -2.33. The fourth-order valence-electron chi connectivity index (χ4n) is 4.19. The van der Waals surface area contributed by atoms with Crippen LogP contribution in [-0.4, -0.2) is 83.1 Å². The van der Waals surface area contributed by atoms with Crippen LogP contribution in [0.2, 0.25) is 5.02 Å². The number of benzene rings is 2. The number of piperazine rings is 1. The Balaban J connectivity index is 1.53. The monoisotopic (exact) mass is 493 g/mol. The van der Waals surface area contributed by atoms with Crippen molar-refractivity contribution in [3.05, 3.63) is 52.5 Å². The van der Waals surface area contributed by atoms with E-state index in [1.165, 1.54) is 23.5 Å². The number of ether oxygens (including phenoxy) is 2. The van der Waals surface area contributed by atoms with Gasteiger partial charge < -0.3 is 19.3 Å². The highest BCUT2D eigenvalue weighted by molar-refractivity contribution is 7.89. The minimum Gasteiger partial charge on any atom is -0.496 e. The Kier molecular flexibility index (Phi) is 7.13. The first-order chi connectivity index (χ1) is 15.8. The van der Waals surface area contributed by atoms with Gasteiger partial charge in [0.25, 0.3) is 5.91 Å². The van der Waals surface area contributed by atoms with Gasteiger partial charge in [-0.3, -0.25) is 4.79 Å². The lowest BCUT2D eigenvalue weighted by molar-refractivity contribution is 0.0728. The maximum atomic E-state index is 13.4. The second-order valence-electron chi connectivity index (χ2n) is 8.09. The molecule has 0 unspecified atom stereocenters. The summed E-state index contributed by atoms with van der Waals surface area (Å²) >= 11 is 6.17. The highest BCUT2D eigenvalue weighted by Gasteiger charge is 2.30. The van der Waals surface area contributed by atoms with E-state index in [1.54, 1.807) is 11.0 Å². The molecule has 2 fully saturated rings. The summed E-state index contributed by atoms with van der Waals surface area (Å²) in [4.78, 5) is 17.4. The molecule has 8 nitrogen and oxygen atoms in total. The number of carbonyl (C=O) groups is 1. The van der Waals surface area contributed by atoms with Gasteiger partial charge in [0.05, 0.1) is 30.8 Å². The fraction of sp³-hybridized carbons (Fsp3) is 0.435. The van der Waals surface area contributed by atoms with Gasteiger partial charge in [-0.1, -0.05) is 17.7 Å². The lowest BCUT2D eigenvalue weighted by Crippen LogP contribution is -2.49. The third-order valence-corrected chi connectivity index (χ3v) is 8.22. The van der Waals surface area contributed by atoms with Crippen LogP contribution in [0.25, 0.3) is 0 Å². The van der Waals surface area contributed by atoms with E-state index in [4.69, 9.17) is 21.1 Å². The van der Waals surface area contributed by atoms with Crippen molar-refractivity contribution in [1.82, 2.24) is 9.21 Å². The average molecular weight is 494 g/mol. The summed E-state index contributed by atoms with van der Waals surface area (Å²) in [5.74, 6) is 0.113. The first-order valence-corrected chi connectivity index (χ1v) is 12.7. The summed E-state index contributed by atoms with van der Waals surface area (Å²) in [6.07, 6.45) is 0. The van der Waals surface area contributed by atoms with Crippen molar-refractivity contribution < 1.29 is 22.7 Å². The molecule has 0 aliphatic carbocycles. The molecule has 2 heterocycles. The number of morpholine rings is 1. The number of hydrogen-bond acceptors (Lipinski definition) is 6. The van der Waals surface area contributed by atoms with Crippen LogP contribution in [0.4, 0.5) is 5.69 Å². The zero-order valence-corrected chi connectivity index (χ0v) is 20.4. The standard InChI is InChI=1S/C23H28ClN3O5S/c1-17-3-4-18(24)15-21(17)25-7-9-26(10-8-25)23(28)20-16-19(5-6-22(20)31-2)33(29,30)27-11-13-32-14-12-27/h3-6,15-16H,7-14H2,1-2H3. The number of carbonyl (C=O) groups excluding carboxylic acids is 1. The van der Waals surface area contributed by atoms with E-state index in [2.05, 4.69) is 4.90 Å². The molecule has 1 amide bonds. The number of amides is 1. The van der Waals surface area contributed by atoms with Crippen LogP contribution in [0.15, 0.2) is 41.3 Å². The van der Waals surface area contributed by atoms with E-state index in [9.17, 15) is 13.2 Å². The maximum Gasteiger partial charge on any atom is 0.257 e. The minimum atomic E-state index is -3.72. The number of anilines is 1. The van der Waals surface area contributed by atoms with Gasteiger partial charge in [-0.15, -0.1) is 0 Å². The van der Waals surface area contributed by atoms with E-state index < -0.39 is 10.0 Å². The lowest BCUT2D eigenvalue weighted by atomic mass is 10.1. The highest BCUT2D eigenvalue weighted by Crippen LogP contribution is 2.28. The quantitative estimate of drug-likeness (QED) is 0.637. The molecule has 10 heteroatoms. The molecule has 4 rings (SSSR count). The van der Waals surface area contributed by atoms with E-state index in [0.29, 0.717) is 63.3 Å². The lowest BCUT2D eigenvalue weighted by Gasteiger charge is -2.37. The molecule has 2 aliphatic rings. The predicted molar refractivity (Wildman–Crippen MR) is 127 cm³/mol. The van der Waals surface area contributed by atoms with E-state index in [-0.39, 0.29) is 16.4 Å². The van der Waals surface area contributed by atoms with Gasteiger partial charge in [-0.25, -0.2) is 8.42 Å². The molecule has 0 saturated carbocycles. The van der Waals surface area contributed by atoms with Gasteiger partial charge in [0, 0.05) is 50.0 Å². The van der Waals surface area contributed by atoms with Crippen LogP contribution < -0.4 is 9.64 Å². The molecule has 178 valence electrons. The highest BCUT2D eigenvalue weighted by atomic mass is 35.5. The second kappa shape index (κ2) is 9.89. The Bertz CT molecular complexity index is 1130.